The van der Waals surface area contributed by atoms with Gasteiger partial charge in [0.15, 0.2) is 0 Å². The van der Waals surface area contributed by atoms with Crippen LogP contribution in [0.25, 0.3) is 10.9 Å². The molecule has 1 aliphatic heterocycles. The highest BCUT2D eigenvalue weighted by molar-refractivity contribution is 6.08. The van der Waals surface area contributed by atoms with E-state index in [1.807, 2.05) is 0 Å². The third kappa shape index (κ3) is 4.60. The molecule has 2 N–H and O–H groups in total. The average molecular weight is 540 g/mol. The van der Waals surface area contributed by atoms with Gasteiger partial charge in [0, 0.05) is 23.2 Å². The first-order chi connectivity index (χ1) is 17.8. The van der Waals surface area contributed by atoms with Crippen LogP contribution in [0.1, 0.15) is 32.7 Å². The van der Waals surface area contributed by atoms with Crippen LogP contribution in [0.15, 0.2) is 42.9 Å². The van der Waals surface area contributed by atoms with Crippen LogP contribution in [-0.2, 0) is 37.0 Å². The molecule has 38 heavy (non-hydrogen) atoms. The standard InChI is InChI=1S/C23H15F7N6O2/c24-18-4-19-14(16-9-38-10-17(16)20(31)34-19)3-15(18)21(37)35(13-6-33-36(8-13)23(28,29)30)7-12-2-1-11(5-32-12)22(25,26)27/h1-6,8H,7,9-10H2,(H2,31,34). The number of carbonyl (C=O) groups is 1. The van der Waals surface area contributed by atoms with Crippen molar-refractivity contribution in [1.29, 1.82) is 0 Å². The molecule has 0 atom stereocenters. The third-order valence-corrected chi connectivity index (χ3v) is 5.91. The summed E-state index contributed by atoms with van der Waals surface area (Å²) in [6.07, 6.45) is -7.85. The van der Waals surface area contributed by atoms with Gasteiger partial charge in [-0.2, -0.15) is 23.0 Å². The zero-order valence-electron chi connectivity index (χ0n) is 18.9. The minimum absolute atomic E-state index is 0.101. The van der Waals surface area contributed by atoms with Gasteiger partial charge in [-0.3, -0.25) is 14.7 Å². The fourth-order valence-electron chi connectivity index (χ4n) is 4.02. The van der Waals surface area contributed by atoms with Gasteiger partial charge in [-0.05, 0) is 23.8 Å². The van der Waals surface area contributed by atoms with Crippen LogP contribution in [0.5, 0.6) is 0 Å². The number of ether oxygens (including phenoxy) is 1. The number of rotatable bonds is 4. The second-order valence-electron chi connectivity index (χ2n) is 8.33. The van der Waals surface area contributed by atoms with Crippen LogP contribution in [-0.4, -0.2) is 25.7 Å². The van der Waals surface area contributed by atoms with Gasteiger partial charge in [-0.25, -0.2) is 9.37 Å². The lowest BCUT2D eigenvalue weighted by molar-refractivity contribution is -0.212. The molecule has 4 heterocycles. The second kappa shape index (κ2) is 8.93. The van der Waals surface area contributed by atoms with Crippen molar-refractivity contribution in [3.63, 3.8) is 0 Å². The normalized spacial score (nSPS) is 13.7. The molecule has 0 fully saturated rings. The van der Waals surface area contributed by atoms with Crippen LogP contribution in [0.3, 0.4) is 0 Å². The first-order valence-electron chi connectivity index (χ1n) is 10.8. The van der Waals surface area contributed by atoms with E-state index in [4.69, 9.17) is 10.5 Å². The van der Waals surface area contributed by atoms with E-state index >= 15 is 4.39 Å². The van der Waals surface area contributed by atoms with Crippen molar-refractivity contribution in [2.45, 2.75) is 32.2 Å². The van der Waals surface area contributed by atoms with Crippen molar-refractivity contribution in [2.24, 2.45) is 0 Å². The zero-order chi connectivity index (χ0) is 27.4. The number of nitrogens with two attached hydrogens (primary N) is 1. The van der Waals surface area contributed by atoms with Crippen molar-refractivity contribution in [3.8, 4) is 0 Å². The summed E-state index contributed by atoms with van der Waals surface area (Å²) in [5, 5.41) is 3.55. The number of carbonyl (C=O) groups excluding carboxylic acids is 1. The van der Waals surface area contributed by atoms with Crippen LogP contribution < -0.4 is 10.6 Å². The Kier molecular flexibility index (Phi) is 5.97. The number of nitrogens with zero attached hydrogens (tertiary/aromatic N) is 5. The molecule has 1 aliphatic rings. The van der Waals surface area contributed by atoms with Crippen molar-refractivity contribution < 1.29 is 40.3 Å². The lowest BCUT2D eigenvalue weighted by atomic mass is 10.0. The number of benzene rings is 1. The van der Waals surface area contributed by atoms with Crippen molar-refractivity contribution in [2.75, 3.05) is 10.6 Å². The van der Waals surface area contributed by atoms with Crippen molar-refractivity contribution >= 4 is 28.3 Å². The highest BCUT2D eigenvalue weighted by Crippen LogP contribution is 2.34. The molecule has 198 valence electrons. The number of nitrogen functional groups attached to an aromatic ring is 1. The van der Waals surface area contributed by atoms with Gasteiger partial charge in [0.05, 0.1) is 60.2 Å². The maximum Gasteiger partial charge on any atom is 0.504 e. The highest BCUT2D eigenvalue weighted by atomic mass is 19.4. The molecule has 1 amide bonds. The summed E-state index contributed by atoms with van der Waals surface area (Å²) in [4.78, 5) is 22.1. The zero-order valence-corrected chi connectivity index (χ0v) is 18.9. The number of hydrogen-bond acceptors (Lipinski definition) is 6. The Balaban J connectivity index is 1.58. The SMILES string of the molecule is Nc1nc2cc(F)c(C(=O)N(Cc3ccc(C(F)(F)F)cn3)c3cnn(C(F)(F)F)c3)cc2c2c1COC2. The fourth-order valence-corrected chi connectivity index (χ4v) is 4.02. The van der Waals surface area contributed by atoms with E-state index in [1.54, 1.807) is 0 Å². The smallest absolute Gasteiger partial charge is 0.383 e. The number of alkyl halides is 6. The molecule has 0 unspecified atom stereocenters. The largest absolute Gasteiger partial charge is 0.504 e. The molecule has 15 heteroatoms. The molecule has 0 radical (unpaired) electrons. The lowest BCUT2D eigenvalue weighted by Gasteiger charge is -2.22. The molecule has 0 aliphatic carbocycles. The van der Waals surface area contributed by atoms with Crippen LogP contribution >= 0.6 is 0 Å². The van der Waals surface area contributed by atoms with E-state index in [0.29, 0.717) is 35.0 Å². The second-order valence-corrected chi connectivity index (χ2v) is 8.33. The fraction of sp³-hybridized carbons (Fsp3) is 0.217. The molecule has 8 nitrogen and oxygen atoms in total. The molecule has 0 saturated heterocycles. The molecule has 4 aromatic rings. The van der Waals surface area contributed by atoms with E-state index in [9.17, 15) is 31.1 Å². The number of amides is 1. The van der Waals surface area contributed by atoms with Gasteiger partial charge < -0.3 is 10.5 Å². The van der Waals surface area contributed by atoms with E-state index in [1.165, 1.54) is 6.07 Å². The Bertz CT molecular complexity index is 1550. The Morgan fingerprint density at radius 1 is 1.08 bits per heavy atom. The number of fused-ring (bicyclic) bond motifs is 3. The summed E-state index contributed by atoms with van der Waals surface area (Å²) in [5.74, 6) is -1.99. The predicted octanol–water partition coefficient (Wildman–Crippen LogP) is 4.92. The Hall–Kier alpha value is -4.27. The predicted molar refractivity (Wildman–Crippen MR) is 118 cm³/mol. The Morgan fingerprint density at radius 3 is 2.45 bits per heavy atom. The average Bonchev–Trinajstić information content (AvgIpc) is 3.52. The Labute approximate surface area is 208 Å². The maximum atomic E-state index is 15.1. The van der Waals surface area contributed by atoms with Gasteiger partial charge in [0.1, 0.15) is 11.6 Å². The minimum atomic E-state index is -4.92. The van der Waals surface area contributed by atoms with Crippen LogP contribution in [0.2, 0.25) is 0 Å². The molecular weight excluding hydrogens is 525 g/mol. The van der Waals surface area contributed by atoms with E-state index in [-0.39, 0.29) is 34.9 Å². The Morgan fingerprint density at radius 2 is 1.82 bits per heavy atom. The number of halogens is 7. The molecule has 5 rings (SSSR count). The van der Waals surface area contributed by atoms with Crippen molar-refractivity contribution in [3.05, 3.63) is 76.6 Å². The van der Waals surface area contributed by atoms with Gasteiger partial charge in [-0.15, -0.1) is 13.2 Å². The lowest BCUT2D eigenvalue weighted by Crippen LogP contribution is -2.31. The minimum Gasteiger partial charge on any atom is -0.383 e. The number of pyridine rings is 2. The maximum absolute atomic E-state index is 15.1. The summed E-state index contributed by atoms with van der Waals surface area (Å²) in [7, 11) is 0. The van der Waals surface area contributed by atoms with E-state index in [0.717, 1.165) is 23.2 Å². The highest BCUT2D eigenvalue weighted by Gasteiger charge is 2.34. The number of anilines is 2. The number of hydrogen-bond donors (Lipinski definition) is 1. The van der Waals surface area contributed by atoms with E-state index < -0.39 is 47.6 Å². The molecule has 0 bridgehead atoms. The molecule has 0 saturated carbocycles. The third-order valence-electron chi connectivity index (χ3n) is 5.91. The summed E-state index contributed by atoms with van der Waals surface area (Å²) in [5.41, 5.74) is 5.12. The van der Waals surface area contributed by atoms with Gasteiger partial charge in [0.25, 0.3) is 5.91 Å². The van der Waals surface area contributed by atoms with Crippen LogP contribution in [0, 0.1) is 5.82 Å². The summed E-state index contributed by atoms with van der Waals surface area (Å²) in [6.45, 7) is -0.304. The quantitative estimate of drug-likeness (QED) is 0.369. The van der Waals surface area contributed by atoms with Gasteiger partial charge in [0.2, 0.25) is 0 Å². The van der Waals surface area contributed by atoms with Gasteiger partial charge >= 0.3 is 12.5 Å². The van der Waals surface area contributed by atoms with E-state index in [2.05, 4.69) is 15.1 Å². The monoisotopic (exact) mass is 540 g/mol. The van der Waals surface area contributed by atoms with Gasteiger partial charge in [-0.1, -0.05) is 0 Å². The van der Waals surface area contributed by atoms with Crippen molar-refractivity contribution in [1.82, 2.24) is 19.7 Å². The summed E-state index contributed by atoms with van der Waals surface area (Å²) >= 11 is 0. The molecule has 1 aromatic carbocycles. The number of aromatic nitrogens is 4. The first kappa shape index (κ1) is 25.4. The van der Waals surface area contributed by atoms with Crippen LogP contribution in [0.4, 0.5) is 42.2 Å². The summed E-state index contributed by atoms with van der Waals surface area (Å²) < 4.78 is 98.4. The molecule has 0 spiro atoms. The first-order valence-corrected chi connectivity index (χ1v) is 10.8. The summed E-state index contributed by atoms with van der Waals surface area (Å²) in [6, 6.07) is 3.82. The topological polar surface area (TPSA) is 99.2 Å². The molecular formula is C23H15F7N6O2. The molecule has 3 aromatic heterocycles.